The molecule has 0 saturated heterocycles. The molecule has 1 aromatic heterocycles. The van der Waals surface area contributed by atoms with E-state index in [1.54, 1.807) is 0 Å². The van der Waals surface area contributed by atoms with E-state index in [2.05, 4.69) is 16.2 Å². The average molecular weight is 263 g/mol. The number of hydrogen-bond acceptors (Lipinski definition) is 5. The van der Waals surface area contributed by atoms with Crippen LogP contribution >= 0.6 is 0 Å². The molecule has 0 N–H and O–H groups in total. The summed E-state index contributed by atoms with van der Waals surface area (Å²) in [5, 5.41) is 12.9. The lowest BCUT2D eigenvalue weighted by Gasteiger charge is -2.33. The van der Waals surface area contributed by atoms with Crippen LogP contribution in [0.15, 0.2) is 4.52 Å². The zero-order valence-corrected chi connectivity index (χ0v) is 11.7. The highest BCUT2D eigenvalue weighted by atomic mass is 16.5. The van der Waals surface area contributed by atoms with Crippen LogP contribution in [0.2, 0.25) is 0 Å². The Morgan fingerprint density at radius 3 is 2.79 bits per heavy atom. The fourth-order valence-electron chi connectivity index (χ4n) is 2.66. The van der Waals surface area contributed by atoms with E-state index in [1.807, 2.05) is 13.8 Å². The largest absolute Gasteiger partial charge is 0.367 e. The predicted molar refractivity (Wildman–Crippen MR) is 69.2 cm³/mol. The van der Waals surface area contributed by atoms with Crippen molar-refractivity contribution in [2.45, 2.75) is 58.0 Å². The van der Waals surface area contributed by atoms with Crippen LogP contribution in [0.3, 0.4) is 0 Å². The van der Waals surface area contributed by atoms with E-state index in [1.165, 1.54) is 6.42 Å². The van der Waals surface area contributed by atoms with Crippen molar-refractivity contribution in [3.63, 3.8) is 0 Å². The Kier molecular flexibility index (Phi) is 4.54. The predicted octanol–water partition coefficient (Wildman–Crippen LogP) is 2.97. The molecule has 0 aromatic carbocycles. The van der Waals surface area contributed by atoms with Crippen molar-refractivity contribution in [1.29, 1.82) is 5.26 Å². The molecular weight excluding hydrogens is 242 g/mol. The smallest absolute Gasteiger partial charge is 0.228 e. The fourth-order valence-corrected chi connectivity index (χ4v) is 2.66. The topological polar surface area (TPSA) is 71.9 Å². The molecule has 104 valence electrons. The van der Waals surface area contributed by atoms with Crippen LogP contribution in [-0.4, -0.2) is 16.7 Å². The molecule has 0 spiro atoms. The summed E-state index contributed by atoms with van der Waals surface area (Å²) in [6.45, 7) is 4.50. The number of nitriles is 1. The van der Waals surface area contributed by atoms with Crippen molar-refractivity contribution in [3.8, 4) is 6.07 Å². The highest BCUT2D eigenvalue weighted by Gasteiger charge is 2.39. The Hall–Kier alpha value is -1.41. The second-order valence-electron chi connectivity index (χ2n) is 5.23. The standard InChI is InChI=1S/C14H21N3O2/c1-3-18-14(7-5-4-6-8-14)13-16-12(19-17-13)9-11(2)10-15/h11H,3-9H2,1-2H3. The van der Waals surface area contributed by atoms with Gasteiger partial charge in [-0.15, -0.1) is 0 Å². The summed E-state index contributed by atoms with van der Waals surface area (Å²) in [5.41, 5.74) is -0.370. The Morgan fingerprint density at radius 1 is 1.42 bits per heavy atom. The van der Waals surface area contributed by atoms with Crippen LogP contribution in [0.25, 0.3) is 0 Å². The van der Waals surface area contributed by atoms with Crippen molar-refractivity contribution in [1.82, 2.24) is 10.1 Å². The molecule has 0 aliphatic heterocycles. The highest BCUT2D eigenvalue weighted by Crippen LogP contribution is 2.39. The zero-order chi connectivity index (χ0) is 13.7. The maximum Gasteiger partial charge on any atom is 0.228 e. The van der Waals surface area contributed by atoms with Gasteiger partial charge in [0.05, 0.1) is 12.0 Å². The Morgan fingerprint density at radius 2 is 2.16 bits per heavy atom. The molecule has 19 heavy (non-hydrogen) atoms. The third kappa shape index (κ3) is 3.13. The summed E-state index contributed by atoms with van der Waals surface area (Å²) < 4.78 is 11.2. The maximum absolute atomic E-state index is 8.82. The molecule has 0 bridgehead atoms. The first-order valence-electron chi connectivity index (χ1n) is 7.07. The molecule has 1 fully saturated rings. The lowest BCUT2D eigenvalue weighted by molar-refractivity contribution is -0.0777. The quantitative estimate of drug-likeness (QED) is 0.816. The lowest BCUT2D eigenvalue weighted by Crippen LogP contribution is -2.33. The van der Waals surface area contributed by atoms with Crippen molar-refractivity contribution in [2.75, 3.05) is 6.61 Å². The Balaban J connectivity index is 2.16. The average Bonchev–Trinajstić information content (AvgIpc) is 2.89. The number of nitrogens with zero attached hydrogens (tertiary/aromatic N) is 3. The van der Waals surface area contributed by atoms with Crippen LogP contribution in [0.4, 0.5) is 0 Å². The number of ether oxygens (including phenoxy) is 1. The molecule has 1 unspecified atom stereocenters. The molecule has 1 aliphatic rings. The minimum Gasteiger partial charge on any atom is -0.367 e. The monoisotopic (exact) mass is 263 g/mol. The van der Waals surface area contributed by atoms with Gasteiger partial charge in [0.25, 0.3) is 0 Å². The molecule has 1 atom stereocenters. The van der Waals surface area contributed by atoms with Gasteiger partial charge >= 0.3 is 0 Å². The van der Waals surface area contributed by atoms with E-state index < -0.39 is 0 Å². The van der Waals surface area contributed by atoms with Gasteiger partial charge in [0.1, 0.15) is 5.60 Å². The molecule has 1 aliphatic carbocycles. The minimum atomic E-state index is -0.370. The van der Waals surface area contributed by atoms with Crippen LogP contribution in [0.1, 0.15) is 57.7 Å². The van der Waals surface area contributed by atoms with Gasteiger partial charge in [0, 0.05) is 13.0 Å². The van der Waals surface area contributed by atoms with E-state index in [9.17, 15) is 0 Å². The molecular formula is C14H21N3O2. The van der Waals surface area contributed by atoms with E-state index in [0.29, 0.717) is 24.7 Å². The van der Waals surface area contributed by atoms with E-state index in [4.69, 9.17) is 14.5 Å². The second kappa shape index (κ2) is 6.16. The van der Waals surface area contributed by atoms with Crippen molar-refractivity contribution in [2.24, 2.45) is 5.92 Å². The summed E-state index contributed by atoms with van der Waals surface area (Å²) in [4.78, 5) is 4.46. The van der Waals surface area contributed by atoms with Crippen molar-refractivity contribution in [3.05, 3.63) is 11.7 Å². The van der Waals surface area contributed by atoms with Crippen molar-refractivity contribution < 1.29 is 9.26 Å². The Labute approximate surface area is 113 Å². The van der Waals surface area contributed by atoms with E-state index in [0.717, 1.165) is 25.7 Å². The van der Waals surface area contributed by atoms with Crippen LogP contribution in [0, 0.1) is 17.2 Å². The molecule has 0 radical (unpaired) electrons. The minimum absolute atomic E-state index is 0.109. The van der Waals surface area contributed by atoms with Gasteiger partial charge in [-0.05, 0) is 26.7 Å². The summed E-state index contributed by atoms with van der Waals surface area (Å²) in [6.07, 6.45) is 5.93. The molecule has 0 amide bonds. The first kappa shape index (κ1) is 14.0. The summed E-state index contributed by atoms with van der Waals surface area (Å²) >= 11 is 0. The zero-order valence-electron chi connectivity index (χ0n) is 11.7. The van der Waals surface area contributed by atoms with Crippen LogP contribution < -0.4 is 0 Å². The fraction of sp³-hybridized carbons (Fsp3) is 0.786. The normalized spacial score (nSPS) is 19.8. The van der Waals surface area contributed by atoms with Gasteiger partial charge in [-0.3, -0.25) is 0 Å². The number of rotatable bonds is 5. The second-order valence-corrected chi connectivity index (χ2v) is 5.23. The maximum atomic E-state index is 8.82. The third-order valence-corrected chi connectivity index (χ3v) is 3.66. The Bertz CT molecular complexity index is 438. The van der Waals surface area contributed by atoms with E-state index in [-0.39, 0.29) is 11.5 Å². The first-order chi connectivity index (χ1) is 9.20. The van der Waals surface area contributed by atoms with Gasteiger partial charge < -0.3 is 9.26 Å². The molecule has 1 saturated carbocycles. The molecule has 5 nitrogen and oxygen atoms in total. The number of aromatic nitrogens is 2. The SMILES string of the molecule is CCOC1(c2noc(CC(C)C#N)n2)CCCCC1. The van der Waals surface area contributed by atoms with Gasteiger partial charge in [0.2, 0.25) is 11.7 Å². The van der Waals surface area contributed by atoms with Crippen LogP contribution in [0.5, 0.6) is 0 Å². The molecule has 5 heteroatoms. The number of hydrogen-bond donors (Lipinski definition) is 0. The van der Waals surface area contributed by atoms with Gasteiger partial charge in [-0.2, -0.15) is 10.2 Å². The first-order valence-corrected chi connectivity index (χ1v) is 7.07. The van der Waals surface area contributed by atoms with Crippen molar-refractivity contribution >= 4 is 0 Å². The molecule has 1 heterocycles. The van der Waals surface area contributed by atoms with Gasteiger partial charge in [0.15, 0.2) is 0 Å². The van der Waals surface area contributed by atoms with E-state index >= 15 is 0 Å². The third-order valence-electron chi connectivity index (χ3n) is 3.66. The highest BCUT2D eigenvalue weighted by molar-refractivity contribution is 5.04. The van der Waals surface area contributed by atoms with Gasteiger partial charge in [-0.1, -0.05) is 24.4 Å². The van der Waals surface area contributed by atoms with Gasteiger partial charge in [-0.25, -0.2) is 0 Å². The van der Waals surface area contributed by atoms with Crippen LogP contribution in [-0.2, 0) is 16.8 Å². The summed E-state index contributed by atoms with van der Waals surface area (Å²) in [7, 11) is 0. The molecule has 2 rings (SSSR count). The summed E-state index contributed by atoms with van der Waals surface area (Å²) in [6, 6.07) is 2.18. The lowest BCUT2D eigenvalue weighted by atomic mass is 9.84. The summed E-state index contributed by atoms with van der Waals surface area (Å²) in [5.74, 6) is 1.09. The molecule has 1 aromatic rings.